The summed E-state index contributed by atoms with van der Waals surface area (Å²) in [4.78, 5) is 0. The molecule has 4 saturated carbocycles. The van der Waals surface area contributed by atoms with Gasteiger partial charge in [0.05, 0.1) is 5.60 Å². The van der Waals surface area contributed by atoms with Crippen LogP contribution in [0.4, 0.5) is 0 Å². The largest absolute Gasteiger partial charge is 0.359 e. The Morgan fingerprint density at radius 1 is 1.00 bits per heavy atom. The Hall–Kier alpha value is -0.0800. The SMILES string of the molecule is COCOC12CC3CC(CC(C3)C1)C2. The normalized spacial score (nSPS) is 49.9. The van der Waals surface area contributed by atoms with E-state index in [9.17, 15) is 0 Å². The molecule has 0 atom stereocenters. The standard InChI is InChI=1S/C12H20O2/c1-13-8-14-12-5-9-2-10(6-12)4-11(3-9)7-12/h9-11H,2-8H2,1H3. The molecule has 2 nitrogen and oxygen atoms in total. The van der Waals surface area contributed by atoms with Gasteiger partial charge < -0.3 is 9.47 Å². The summed E-state index contributed by atoms with van der Waals surface area (Å²) in [6, 6.07) is 0. The van der Waals surface area contributed by atoms with Gasteiger partial charge in [0.25, 0.3) is 0 Å². The predicted octanol–water partition coefficient (Wildman–Crippen LogP) is 2.58. The average molecular weight is 196 g/mol. The Morgan fingerprint density at radius 3 is 1.93 bits per heavy atom. The van der Waals surface area contributed by atoms with Gasteiger partial charge in [0, 0.05) is 7.11 Å². The fourth-order valence-corrected chi connectivity index (χ4v) is 4.39. The maximum absolute atomic E-state index is 5.97. The fourth-order valence-electron chi connectivity index (χ4n) is 4.39. The van der Waals surface area contributed by atoms with Gasteiger partial charge in [-0.15, -0.1) is 0 Å². The van der Waals surface area contributed by atoms with Crippen LogP contribution in [0.25, 0.3) is 0 Å². The van der Waals surface area contributed by atoms with E-state index in [1.807, 2.05) is 0 Å². The van der Waals surface area contributed by atoms with Crippen molar-refractivity contribution in [1.82, 2.24) is 0 Å². The minimum absolute atomic E-state index is 0.227. The summed E-state index contributed by atoms with van der Waals surface area (Å²) < 4.78 is 11.0. The van der Waals surface area contributed by atoms with Crippen molar-refractivity contribution >= 4 is 0 Å². The predicted molar refractivity (Wildman–Crippen MR) is 53.9 cm³/mol. The average Bonchev–Trinajstić information content (AvgIpc) is 2.12. The van der Waals surface area contributed by atoms with Crippen molar-refractivity contribution in [3.8, 4) is 0 Å². The summed E-state index contributed by atoms with van der Waals surface area (Å²) in [5.41, 5.74) is 0.227. The first-order valence-electron chi connectivity index (χ1n) is 5.92. The van der Waals surface area contributed by atoms with Crippen LogP contribution in [0.15, 0.2) is 0 Å². The van der Waals surface area contributed by atoms with Crippen LogP contribution in [0.1, 0.15) is 38.5 Å². The number of methoxy groups -OCH3 is 1. The molecule has 0 N–H and O–H groups in total. The van der Waals surface area contributed by atoms with Crippen LogP contribution in [-0.4, -0.2) is 19.5 Å². The molecule has 4 rings (SSSR count). The molecule has 0 spiro atoms. The van der Waals surface area contributed by atoms with Crippen LogP contribution in [0.2, 0.25) is 0 Å². The van der Waals surface area contributed by atoms with Gasteiger partial charge in [0.2, 0.25) is 0 Å². The van der Waals surface area contributed by atoms with Gasteiger partial charge in [0.15, 0.2) is 0 Å². The van der Waals surface area contributed by atoms with Crippen LogP contribution in [0.5, 0.6) is 0 Å². The Kier molecular flexibility index (Phi) is 2.10. The number of hydrogen-bond acceptors (Lipinski definition) is 2. The summed E-state index contributed by atoms with van der Waals surface area (Å²) >= 11 is 0. The molecule has 2 heteroatoms. The van der Waals surface area contributed by atoms with E-state index in [4.69, 9.17) is 9.47 Å². The minimum atomic E-state index is 0.227. The van der Waals surface area contributed by atoms with Crippen LogP contribution in [0, 0.1) is 17.8 Å². The van der Waals surface area contributed by atoms with Crippen molar-refractivity contribution in [2.45, 2.75) is 44.1 Å². The van der Waals surface area contributed by atoms with Gasteiger partial charge in [-0.3, -0.25) is 0 Å². The van der Waals surface area contributed by atoms with Crippen molar-refractivity contribution in [2.24, 2.45) is 17.8 Å². The zero-order valence-electron chi connectivity index (χ0n) is 9.00. The van der Waals surface area contributed by atoms with E-state index >= 15 is 0 Å². The van der Waals surface area contributed by atoms with Gasteiger partial charge in [0.1, 0.15) is 6.79 Å². The van der Waals surface area contributed by atoms with Gasteiger partial charge >= 0.3 is 0 Å². The zero-order valence-corrected chi connectivity index (χ0v) is 9.00. The molecule has 0 unspecified atom stereocenters. The van der Waals surface area contributed by atoms with Gasteiger partial charge in [-0.05, 0) is 56.3 Å². The first-order chi connectivity index (χ1) is 6.80. The lowest BCUT2D eigenvalue weighted by Crippen LogP contribution is -2.52. The van der Waals surface area contributed by atoms with Crippen molar-refractivity contribution in [3.05, 3.63) is 0 Å². The smallest absolute Gasteiger partial charge is 0.147 e. The molecule has 4 fully saturated rings. The highest BCUT2D eigenvalue weighted by atomic mass is 16.7. The summed E-state index contributed by atoms with van der Waals surface area (Å²) in [5, 5.41) is 0. The molecule has 0 aromatic rings. The molecule has 4 bridgehead atoms. The molecule has 14 heavy (non-hydrogen) atoms. The third-order valence-corrected chi connectivity index (χ3v) is 4.47. The molecular formula is C12H20O2. The summed E-state index contributed by atoms with van der Waals surface area (Å²) in [6.45, 7) is 0.492. The zero-order chi connectivity index (χ0) is 9.60. The minimum Gasteiger partial charge on any atom is -0.359 e. The van der Waals surface area contributed by atoms with E-state index in [0.29, 0.717) is 6.79 Å². The molecular weight excluding hydrogens is 176 g/mol. The van der Waals surface area contributed by atoms with Crippen LogP contribution >= 0.6 is 0 Å². The van der Waals surface area contributed by atoms with Gasteiger partial charge in [-0.25, -0.2) is 0 Å². The van der Waals surface area contributed by atoms with Gasteiger partial charge in [-0.2, -0.15) is 0 Å². The Labute approximate surface area is 86.0 Å². The third kappa shape index (κ3) is 1.40. The van der Waals surface area contributed by atoms with Crippen molar-refractivity contribution in [1.29, 1.82) is 0 Å². The van der Waals surface area contributed by atoms with E-state index in [0.717, 1.165) is 17.8 Å². The Morgan fingerprint density at radius 2 is 1.50 bits per heavy atom. The third-order valence-electron chi connectivity index (χ3n) is 4.47. The first-order valence-corrected chi connectivity index (χ1v) is 5.92. The number of hydrogen-bond donors (Lipinski definition) is 0. The molecule has 4 aliphatic carbocycles. The molecule has 0 heterocycles. The second-order valence-corrected chi connectivity index (χ2v) is 5.65. The van der Waals surface area contributed by atoms with E-state index < -0.39 is 0 Å². The second kappa shape index (κ2) is 3.21. The molecule has 0 aromatic carbocycles. The molecule has 0 amide bonds. The van der Waals surface area contributed by atoms with Gasteiger partial charge in [-0.1, -0.05) is 0 Å². The summed E-state index contributed by atoms with van der Waals surface area (Å²) in [7, 11) is 1.72. The number of ether oxygens (including phenoxy) is 2. The summed E-state index contributed by atoms with van der Waals surface area (Å²) in [5.74, 6) is 2.91. The maximum atomic E-state index is 5.97. The number of rotatable bonds is 3. The second-order valence-electron chi connectivity index (χ2n) is 5.65. The highest BCUT2D eigenvalue weighted by Gasteiger charge is 2.51. The molecule has 80 valence electrons. The van der Waals surface area contributed by atoms with Crippen LogP contribution in [0.3, 0.4) is 0 Å². The molecule has 0 aliphatic heterocycles. The Bertz CT molecular complexity index is 189. The maximum Gasteiger partial charge on any atom is 0.147 e. The summed E-state index contributed by atoms with van der Waals surface area (Å²) in [6.07, 6.45) is 8.37. The molecule has 0 aromatic heterocycles. The highest BCUT2D eigenvalue weighted by Crippen LogP contribution is 2.56. The Balaban J connectivity index is 1.74. The van der Waals surface area contributed by atoms with E-state index in [2.05, 4.69) is 0 Å². The first kappa shape index (κ1) is 9.17. The topological polar surface area (TPSA) is 18.5 Å². The lowest BCUT2D eigenvalue weighted by atomic mass is 9.54. The van der Waals surface area contributed by atoms with Crippen molar-refractivity contribution in [2.75, 3.05) is 13.9 Å². The van der Waals surface area contributed by atoms with Crippen molar-refractivity contribution < 1.29 is 9.47 Å². The van der Waals surface area contributed by atoms with E-state index in [-0.39, 0.29) is 5.60 Å². The van der Waals surface area contributed by atoms with Crippen molar-refractivity contribution in [3.63, 3.8) is 0 Å². The van der Waals surface area contributed by atoms with E-state index in [1.165, 1.54) is 38.5 Å². The monoisotopic (exact) mass is 196 g/mol. The molecule has 0 saturated heterocycles. The fraction of sp³-hybridized carbons (Fsp3) is 1.00. The van der Waals surface area contributed by atoms with Crippen LogP contribution in [-0.2, 0) is 9.47 Å². The molecule has 4 aliphatic rings. The molecule has 0 radical (unpaired) electrons. The lowest BCUT2D eigenvalue weighted by molar-refractivity contribution is -0.203. The van der Waals surface area contributed by atoms with E-state index in [1.54, 1.807) is 7.11 Å². The quantitative estimate of drug-likeness (QED) is 0.646. The van der Waals surface area contributed by atoms with Crippen LogP contribution < -0.4 is 0 Å². The lowest BCUT2D eigenvalue weighted by Gasteiger charge is -2.56. The highest BCUT2D eigenvalue weighted by molar-refractivity contribution is 5.02.